The van der Waals surface area contributed by atoms with E-state index in [-0.39, 0.29) is 43.0 Å². The molecule has 0 atom stereocenters. The summed E-state index contributed by atoms with van der Waals surface area (Å²) >= 11 is 5.47. The van der Waals surface area contributed by atoms with Gasteiger partial charge in [-0.3, -0.25) is 0 Å². The van der Waals surface area contributed by atoms with E-state index in [4.69, 9.17) is 11.6 Å². The van der Waals surface area contributed by atoms with Crippen LogP contribution in [0.5, 0.6) is 0 Å². The maximum Gasteiger partial charge on any atom is 2.00 e. The van der Waals surface area contributed by atoms with Gasteiger partial charge < -0.3 is 14.4 Å². The molecule has 0 spiro atoms. The van der Waals surface area contributed by atoms with Gasteiger partial charge in [0, 0.05) is 5.02 Å². The molecule has 3 nitrogen and oxygen atoms in total. The summed E-state index contributed by atoms with van der Waals surface area (Å²) in [6.45, 7) is 0. The number of benzene rings is 1. The van der Waals surface area contributed by atoms with Gasteiger partial charge in [-0.2, -0.15) is 0 Å². The van der Waals surface area contributed by atoms with Crippen LogP contribution in [0.1, 0.15) is 0 Å². The Balaban J connectivity index is 0.00000121. The van der Waals surface area contributed by atoms with Gasteiger partial charge >= 0.3 is 37.7 Å². The van der Waals surface area contributed by atoms with Gasteiger partial charge in [0.2, 0.25) is 0 Å². The van der Waals surface area contributed by atoms with Gasteiger partial charge in [0.1, 0.15) is 0 Å². The fourth-order valence-electron chi connectivity index (χ4n) is 0.624. The Kier molecular flexibility index (Phi) is 5.35. The molecule has 0 aliphatic heterocycles. The van der Waals surface area contributed by atoms with Crippen LogP contribution in [-0.2, 0) is 4.57 Å². The van der Waals surface area contributed by atoms with Crippen molar-refractivity contribution < 1.29 is 14.4 Å². The molecule has 60 valence electrons. The Morgan fingerprint density at radius 3 is 1.92 bits per heavy atom. The quantitative estimate of drug-likeness (QED) is 0.483. The molecule has 0 aromatic heterocycles. The molecular weight excluding hydrogens is 227 g/mol. The Labute approximate surface area is 105 Å². The van der Waals surface area contributed by atoms with Crippen molar-refractivity contribution in [1.82, 2.24) is 0 Å². The zero-order chi connectivity index (χ0) is 8.48. The normalized spacial score (nSPS) is 10.6. The van der Waals surface area contributed by atoms with E-state index in [2.05, 4.69) is 0 Å². The van der Waals surface area contributed by atoms with Crippen molar-refractivity contribution in [1.29, 1.82) is 0 Å². The fourth-order valence-corrected chi connectivity index (χ4v) is 1.26. The molecule has 12 heavy (non-hydrogen) atoms. The van der Waals surface area contributed by atoms with Crippen LogP contribution in [0.3, 0.4) is 0 Å². The monoisotopic (exact) mass is 230 g/mol. The van der Waals surface area contributed by atoms with Gasteiger partial charge in [0.25, 0.3) is 0 Å². The van der Waals surface area contributed by atoms with E-state index >= 15 is 0 Å². The molecule has 1 aromatic carbocycles. The van der Waals surface area contributed by atoms with E-state index in [1.165, 1.54) is 24.3 Å². The second kappa shape index (κ2) is 4.96. The largest absolute Gasteiger partial charge is 2.00 e. The van der Waals surface area contributed by atoms with Crippen molar-refractivity contribution in [2.45, 2.75) is 0 Å². The molecular formula is C6H4CaClO3P. The SMILES string of the molecule is O=P([O-])([O-])c1ccc(Cl)cc1.[Ca+2]. The molecule has 0 heterocycles. The van der Waals surface area contributed by atoms with Crippen molar-refractivity contribution in [2.24, 2.45) is 0 Å². The molecule has 1 rings (SSSR count). The number of hydrogen-bond donors (Lipinski definition) is 0. The summed E-state index contributed by atoms with van der Waals surface area (Å²) in [6, 6.07) is 5.09. The summed E-state index contributed by atoms with van der Waals surface area (Å²) in [6.07, 6.45) is 0. The van der Waals surface area contributed by atoms with Crippen LogP contribution >= 0.6 is 19.2 Å². The molecule has 0 radical (unpaired) electrons. The number of hydrogen-bond acceptors (Lipinski definition) is 3. The average molecular weight is 231 g/mol. The van der Waals surface area contributed by atoms with Gasteiger partial charge in [0.05, 0.1) is 0 Å². The van der Waals surface area contributed by atoms with Crippen LogP contribution in [0.15, 0.2) is 24.3 Å². The van der Waals surface area contributed by atoms with E-state index in [1.807, 2.05) is 0 Å². The minimum atomic E-state index is -4.60. The molecule has 0 aliphatic carbocycles. The summed E-state index contributed by atoms with van der Waals surface area (Å²) in [5.41, 5.74) is 0. The molecule has 0 N–H and O–H groups in total. The molecule has 0 aliphatic rings. The van der Waals surface area contributed by atoms with E-state index in [0.717, 1.165) is 0 Å². The van der Waals surface area contributed by atoms with Gasteiger partial charge in [-0.05, 0) is 25.0 Å². The van der Waals surface area contributed by atoms with Crippen LogP contribution < -0.4 is 15.1 Å². The van der Waals surface area contributed by atoms with Gasteiger partial charge in [0.15, 0.2) is 0 Å². The standard InChI is InChI=1S/C6H6ClO3P.Ca/c7-5-1-3-6(4-2-5)11(8,9)10;/h1-4H,(H2,8,9,10);/q;+2/p-2. The maximum absolute atomic E-state index is 10.4. The van der Waals surface area contributed by atoms with Crippen LogP contribution in [0.4, 0.5) is 0 Å². The average Bonchev–Trinajstić information content (AvgIpc) is 1.86. The molecule has 1 aromatic rings. The van der Waals surface area contributed by atoms with Gasteiger partial charge in [-0.25, -0.2) is 0 Å². The molecule has 0 fully saturated rings. The predicted molar refractivity (Wildman–Crippen MR) is 44.4 cm³/mol. The second-order valence-electron chi connectivity index (χ2n) is 1.97. The first-order chi connectivity index (χ1) is 5.00. The smallest absolute Gasteiger partial charge is 0.807 e. The van der Waals surface area contributed by atoms with Crippen LogP contribution in [0.25, 0.3) is 0 Å². The zero-order valence-corrected chi connectivity index (χ0v) is 9.93. The van der Waals surface area contributed by atoms with Gasteiger partial charge in [-0.15, -0.1) is 0 Å². The fraction of sp³-hybridized carbons (Fsp3) is 0. The summed E-state index contributed by atoms with van der Waals surface area (Å²) in [5.74, 6) is 0. The second-order valence-corrected chi connectivity index (χ2v) is 3.92. The van der Waals surface area contributed by atoms with E-state index in [1.54, 1.807) is 0 Å². The first kappa shape index (κ1) is 12.9. The van der Waals surface area contributed by atoms with Crippen molar-refractivity contribution in [3.05, 3.63) is 29.3 Å². The summed E-state index contributed by atoms with van der Waals surface area (Å²) in [5, 5.41) is 0.170. The first-order valence-corrected chi connectivity index (χ1v) is 4.70. The third-order valence-corrected chi connectivity index (χ3v) is 2.33. The summed E-state index contributed by atoms with van der Waals surface area (Å²) < 4.78 is 10.4. The third kappa shape index (κ3) is 3.75. The predicted octanol–water partition coefficient (Wildman–Crippen LogP) is -0.502. The Morgan fingerprint density at radius 1 is 1.17 bits per heavy atom. The summed E-state index contributed by atoms with van der Waals surface area (Å²) in [4.78, 5) is 20.7. The minimum absolute atomic E-state index is 0. The molecule has 0 unspecified atom stereocenters. The Hall–Kier alpha value is 0.920. The van der Waals surface area contributed by atoms with Crippen molar-refractivity contribution >= 4 is 62.2 Å². The molecule has 0 bridgehead atoms. The Morgan fingerprint density at radius 2 is 1.58 bits per heavy atom. The van der Waals surface area contributed by atoms with Crippen LogP contribution in [0, 0.1) is 0 Å². The van der Waals surface area contributed by atoms with Crippen molar-refractivity contribution in [3.8, 4) is 0 Å². The Bertz CT molecular complexity index is 294. The van der Waals surface area contributed by atoms with E-state index in [0.29, 0.717) is 5.02 Å². The molecule has 0 saturated carbocycles. The van der Waals surface area contributed by atoms with Crippen LogP contribution in [-0.4, -0.2) is 37.7 Å². The number of halogens is 1. The van der Waals surface area contributed by atoms with E-state index in [9.17, 15) is 14.4 Å². The first-order valence-electron chi connectivity index (χ1n) is 2.78. The molecule has 0 saturated heterocycles. The molecule has 0 amide bonds. The van der Waals surface area contributed by atoms with Crippen molar-refractivity contribution in [2.75, 3.05) is 0 Å². The van der Waals surface area contributed by atoms with E-state index < -0.39 is 7.60 Å². The topological polar surface area (TPSA) is 63.2 Å². The molecule has 6 heteroatoms. The summed E-state index contributed by atoms with van der Waals surface area (Å²) in [7, 11) is -4.60. The minimum Gasteiger partial charge on any atom is -0.807 e. The van der Waals surface area contributed by atoms with Crippen LogP contribution in [0.2, 0.25) is 5.02 Å². The third-order valence-electron chi connectivity index (χ3n) is 1.14. The van der Waals surface area contributed by atoms with Crippen molar-refractivity contribution in [3.63, 3.8) is 0 Å². The maximum atomic E-state index is 10.4. The zero-order valence-electron chi connectivity index (χ0n) is 6.07. The number of rotatable bonds is 1. The van der Waals surface area contributed by atoms with Gasteiger partial charge in [-0.1, -0.05) is 23.7 Å².